The summed E-state index contributed by atoms with van der Waals surface area (Å²) in [6.07, 6.45) is 1.54. The average Bonchev–Trinajstić information content (AvgIpc) is 2.79. The zero-order valence-corrected chi connectivity index (χ0v) is 13.2. The van der Waals surface area contributed by atoms with E-state index in [0.717, 1.165) is 5.69 Å². The lowest BCUT2D eigenvalue weighted by atomic mass is 10.2. The molecule has 0 spiro atoms. The van der Waals surface area contributed by atoms with Crippen LogP contribution < -0.4 is 10.6 Å². The largest absolute Gasteiger partial charge is 0.326 e. The number of amides is 2. The van der Waals surface area contributed by atoms with Gasteiger partial charge >= 0.3 is 0 Å². The molecule has 6 heteroatoms. The smallest absolute Gasteiger partial charge is 0.259 e. The molecule has 2 aromatic rings. The summed E-state index contributed by atoms with van der Waals surface area (Å²) in [6, 6.07) is 7.06. The second-order valence-electron chi connectivity index (χ2n) is 5.45. The zero-order valence-electron chi connectivity index (χ0n) is 13.2. The number of aryl methyl sites for hydroxylation is 1. The molecule has 0 aliphatic rings. The molecule has 0 saturated heterocycles. The van der Waals surface area contributed by atoms with Gasteiger partial charge in [-0.05, 0) is 25.1 Å². The second-order valence-corrected chi connectivity index (χ2v) is 5.45. The molecule has 0 bridgehead atoms. The van der Waals surface area contributed by atoms with Crippen LogP contribution in [0.15, 0.2) is 30.5 Å². The lowest BCUT2D eigenvalue weighted by Gasteiger charge is -2.10. The fourth-order valence-corrected chi connectivity index (χ4v) is 1.88. The lowest BCUT2D eigenvalue weighted by molar-refractivity contribution is -0.118. The van der Waals surface area contributed by atoms with Crippen molar-refractivity contribution in [1.82, 2.24) is 9.78 Å². The van der Waals surface area contributed by atoms with Gasteiger partial charge in [0.2, 0.25) is 5.91 Å². The maximum Gasteiger partial charge on any atom is 0.259 e. The minimum Gasteiger partial charge on any atom is -0.326 e. The van der Waals surface area contributed by atoms with Crippen LogP contribution in [0.4, 0.5) is 11.4 Å². The minimum atomic E-state index is -0.224. The third-order valence-electron chi connectivity index (χ3n) is 3.39. The number of nitrogens with zero attached hydrogens (tertiary/aromatic N) is 2. The molecule has 0 fully saturated rings. The molecule has 0 unspecified atom stereocenters. The summed E-state index contributed by atoms with van der Waals surface area (Å²) in [5.41, 5.74) is 2.59. The van der Waals surface area contributed by atoms with Crippen molar-refractivity contribution in [2.24, 2.45) is 13.0 Å². The molecule has 1 heterocycles. The van der Waals surface area contributed by atoms with Gasteiger partial charge in [0, 0.05) is 30.0 Å². The van der Waals surface area contributed by atoms with Crippen LogP contribution in [0, 0.1) is 12.8 Å². The van der Waals surface area contributed by atoms with Gasteiger partial charge in [0.15, 0.2) is 0 Å². The van der Waals surface area contributed by atoms with Crippen molar-refractivity contribution in [3.05, 3.63) is 41.7 Å². The first-order valence-electron chi connectivity index (χ1n) is 7.09. The van der Waals surface area contributed by atoms with Gasteiger partial charge in [0.1, 0.15) is 0 Å². The molecule has 0 saturated carbocycles. The van der Waals surface area contributed by atoms with Crippen molar-refractivity contribution < 1.29 is 9.59 Å². The predicted molar refractivity (Wildman–Crippen MR) is 85.8 cm³/mol. The predicted octanol–water partition coefficient (Wildman–Crippen LogP) is 2.58. The van der Waals surface area contributed by atoms with Crippen LogP contribution in [0.5, 0.6) is 0 Å². The van der Waals surface area contributed by atoms with Crippen molar-refractivity contribution in [1.29, 1.82) is 0 Å². The molecular formula is C16H20N4O2. The van der Waals surface area contributed by atoms with Gasteiger partial charge in [0.25, 0.3) is 5.91 Å². The molecule has 6 nitrogen and oxygen atoms in total. The molecule has 22 heavy (non-hydrogen) atoms. The SMILES string of the molecule is Cc1c(C(=O)Nc2cccc(NC(=O)C(C)C)c2)cnn1C. The van der Waals surface area contributed by atoms with E-state index in [1.165, 1.54) is 6.20 Å². The van der Waals surface area contributed by atoms with Crippen LogP contribution in [0.2, 0.25) is 0 Å². The standard InChI is InChI=1S/C16H20N4O2/c1-10(2)15(21)18-12-6-5-7-13(8-12)19-16(22)14-9-17-20(4)11(14)3/h5-10H,1-4H3,(H,18,21)(H,19,22). The number of hydrogen-bond acceptors (Lipinski definition) is 3. The highest BCUT2D eigenvalue weighted by molar-refractivity contribution is 6.05. The Kier molecular flexibility index (Phi) is 4.60. The van der Waals surface area contributed by atoms with Crippen molar-refractivity contribution in [3.63, 3.8) is 0 Å². The first kappa shape index (κ1) is 15.8. The van der Waals surface area contributed by atoms with E-state index in [2.05, 4.69) is 15.7 Å². The number of carbonyl (C=O) groups excluding carboxylic acids is 2. The number of benzene rings is 1. The summed E-state index contributed by atoms with van der Waals surface area (Å²) in [5, 5.41) is 9.67. The fraction of sp³-hybridized carbons (Fsp3) is 0.312. The van der Waals surface area contributed by atoms with E-state index in [1.54, 1.807) is 36.0 Å². The number of hydrogen-bond donors (Lipinski definition) is 2. The maximum absolute atomic E-state index is 12.2. The topological polar surface area (TPSA) is 76.0 Å². The molecule has 0 atom stereocenters. The first-order chi connectivity index (χ1) is 10.4. The molecule has 2 rings (SSSR count). The first-order valence-corrected chi connectivity index (χ1v) is 7.09. The molecule has 116 valence electrons. The lowest BCUT2D eigenvalue weighted by Crippen LogP contribution is -2.18. The third kappa shape index (κ3) is 3.52. The monoisotopic (exact) mass is 300 g/mol. The quantitative estimate of drug-likeness (QED) is 0.911. The Morgan fingerprint density at radius 3 is 2.36 bits per heavy atom. The molecule has 2 N–H and O–H groups in total. The number of nitrogens with one attached hydrogen (secondary N) is 2. The maximum atomic E-state index is 12.2. The van der Waals surface area contributed by atoms with Crippen LogP contribution in [0.3, 0.4) is 0 Å². The molecule has 2 amide bonds. The van der Waals surface area contributed by atoms with Crippen molar-refractivity contribution >= 4 is 23.2 Å². The van der Waals surface area contributed by atoms with E-state index in [1.807, 2.05) is 20.8 Å². The summed E-state index contributed by atoms with van der Waals surface area (Å²) >= 11 is 0. The van der Waals surface area contributed by atoms with Crippen LogP contribution in [-0.2, 0) is 11.8 Å². The second kappa shape index (κ2) is 6.43. The molecule has 1 aromatic heterocycles. The van der Waals surface area contributed by atoms with E-state index in [0.29, 0.717) is 16.9 Å². The Balaban J connectivity index is 2.12. The summed E-state index contributed by atoms with van der Waals surface area (Å²) in [5.74, 6) is -0.388. The third-order valence-corrected chi connectivity index (χ3v) is 3.39. The highest BCUT2D eigenvalue weighted by Gasteiger charge is 2.13. The molecule has 1 aromatic carbocycles. The highest BCUT2D eigenvalue weighted by Crippen LogP contribution is 2.17. The van der Waals surface area contributed by atoms with Crippen LogP contribution in [0.1, 0.15) is 29.9 Å². The van der Waals surface area contributed by atoms with E-state index in [9.17, 15) is 9.59 Å². The van der Waals surface area contributed by atoms with Crippen molar-refractivity contribution in [2.45, 2.75) is 20.8 Å². The van der Waals surface area contributed by atoms with Crippen LogP contribution in [0.25, 0.3) is 0 Å². The van der Waals surface area contributed by atoms with Crippen molar-refractivity contribution in [2.75, 3.05) is 10.6 Å². The number of rotatable bonds is 4. The van der Waals surface area contributed by atoms with Gasteiger partial charge in [-0.2, -0.15) is 5.10 Å². The van der Waals surface area contributed by atoms with E-state index < -0.39 is 0 Å². The summed E-state index contributed by atoms with van der Waals surface area (Å²) < 4.78 is 1.65. The Bertz CT molecular complexity index is 704. The van der Waals surface area contributed by atoms with Gasteiger partial charge in [-0.1, -0.05) is 19.9 Å². The van der Waals surface area contributed by atoms with Gasteiger partial charge < -0.3 is 10.6 Å². The van der Waals surface area contributed by atoms with Gasteiger partial charge in [0.05, 0.1) is 11.8 Å². The number of carbonyl (C=O) groups is 2. The summed E-state index contributed by atoms with van der Waals surface area (Å²) in [6.45, 7) is 5.49. The number of anilines is 2. The van der Waals surface area contributed by atoms with E-state index in [-0.39, 0.29) is 17.7 Å². The highest BCUT2D eigenvalue weighted by atomic mass is 16.2. The van der Waals surface area contributed by atoms with Crippen LogP contribution >= 0.6 is 0 Å². The Morgan fingerprint density at radius 1 is 1.18 bits per heavy atom. The zero-order chi connectivity index (χ0) is 16.3. The Labute approximate surface area is 129 Å². The summed E-state index contributed by atoms with van der Waals surface area (Å²) in [7, 11) is 1.79. The van der Waals surface area contributed by atoms with Crippen LogP contribution in [-0.4, -0.2) is 21.6 Å². The minimum absolute atomic E-state index is 0.0634. The Hall–Kier alpha value is -2.63. The molecule has 0 aliphatic heterocycles. The van der Waals surface area contributed by atoms with E-state index in [4.69, 9.17) is 0 Å². The van der Waals surface area contributed by atoms with Crippen molar-refractivity contribution in [3.8, 4) is 0 Å². The average molecular weight is 300 g/mol. The molecular weight excluding hydrogens is 280 g/mol. The van der Waals surface area contributed by atoms with E-state index >= 15 is 0 Å². The molecule has 0 radical (unpaired) electrons. The van der Waals surface area contributed by atoms with Gasteiger partial charge in [-0.15, -0.1) is 0 Å². The normalized spacial score (nSPS) is 10.6. The molecule has 0 aliphatic carbocycles. The van der Waals surface area contributed by atoms with Gasteiger partial charge in [-0.3, -0.25) is 14.3 Å². The fourth-order valence-electron chi connectivity index (χ4n) is 1.88. The number of aromatic nitrogens is 2. The Morgan fingerprint density at radius 2 is 1.82 bits per heavy atom. The van der Waals surface area contributed by atoms with Gasteiger partial charge in [-0.25, -0.2) is 0 Å². The summed E-state index contributed by atoms with van der Waals surface area (Å²) in [4.78, 5) is 23.9.